The van der Waals surface area contributed by atoms with Crippen LogP contribution in [0.15, 0.2) is 24.3 Å². The molecule has 0 aliphatic carbocycles. The minimum atomic E-state index is 0.0836. The highest BCUT2D eigenvalue weighted by molar-refractivity contribution is 6.30. The molecule has 0 bridgehead atoms. The van der Waals surface area contributed by atoms with Crippen LogP contribution < -0.4 is 10.1 Å². The molecule has 1 aromatic carbocycles. The highest BCUT2D eigenvalue weighted by atomic mass is 35.5. The van der Waals surface area contributed by atoms with Gasteiger partial charge in [0, 0.05) is 18.6 Å². The smallest absolute Gasteiger partial charge is 0.236 e. The summed E-state index contributed by atoms with van der Waals surface area (Å²) in [7, 11) is 3.55. The van der Waals surface area contributed by atoms with Crippen molar-refractivity contribution in [3.8, 4) is 5.75 Å². The maximum atomic E-state index is 11.5. The van der Waals surface area contributed by atoms with Crippen molar-refractivity contribution >= 4 is 17.5 Å². The zero-order valence-corrected chi connectivity index (χ0v) is 11.5. The molecule has 0 saturated carbocycles. The first-order valence-electron chi connectivity index (χ1n) is 5.90. The quantitative estimate of drug-likeness (QED) is 0.768. The Hall–Kier alpha value is -1.26. The van der Waals surface area contributed by atoms with Gasteiger partial charge in [-0.05, 0) is 31.7 Å². The van der Waals surface area contributed by atoms with Gasteiger partial charge in [-0.3, -0.25) is 4.79 Å². The summed E-state index contributed by atoms with van der Waals surface area (Å²) in [5.41, 5.74) is 0. The molecule has 0 unspecified atom stereocenters. The van der Waals surface area contributed by atoms with Crippen LogP contribution in [0.4, 0.5) is 0 Å². The number of halogens is 1. The number of nitrogens with zero attached hydrogens (tertiary/aromatic N) is 1. The summed E-state index contributed by atoms with van der Waals surface area (Å²) in [6.07, 6.45) is 0.790. The second-order valence-electron chi connectivity index (χ2n) is 4.01. The van der Waals surface area contributed by atoms with Crippen molar-refractivity contribution in [3.05, 3.63) is 29.3 Å². The van der Waals surface area contributed by atoms with Gasteiger partial charge in [0.05, 0.1) is 13.2 Å². The van der Waals surface area contributed by atoms with E-state index < -0.39 is 0 Å². The van der Waals surface area contributed by atoms with Crippen LogP contribution in [0.5, 0.6) is 5.75 Å². The van der Waals surface area contributed by atoms with Crippen molar-refractivity contribution in [1.29, 1.82) is 0 Å². The zero-order valence-electron chi connectivity index (χ0n) is 10.8. The highest BCUT2D eigenvalue weighted by Crippen LogP contribution is 2.17. The molecular formula is C13H19ClN2O2. The molecule has 0 saturated heterocycles. The lowest BCUT2D eigenvalue weighted by atomic mass is 10.3. The Bertz CT molecular complexity index is 385. The van der Waals surface area contributed by atoms with E-state index in [2.05, 4.69) is 5.32 Å². The Morgan fingerprint density at radius 1 is 1.50 bits per heavy atom. The van der Waals surface area contributed by atoms with Crippen molar-refractivity contribution in [2.75, 3.05) is 33.8 Å². The molecule has 100 valence electrons. The summed E-state index contributed by atoms with van der Waals surface area (Å²) in [5.74, 6) is 0.840. The van der Waals surface area contributed by atoms with E-state index in [0.717, 1.165) is 12.2 Å². The minimum Gasteiger partial charge on any atom is -0.493 e. The number of amides is 1. The Morgan fingerprint density at radius 3 is 2.94 bits per heavy atom. The topological polar surface area (TPSA) is 41.6 Å². The van der Waals surface area contributed by atoms with E-state index in [1.165, 1.54) is 0 Å². The van der Waals surface area contributed by atoms with Gasteiger partial charge >= 0.3 is 0 Å². The maximum absolute atomic E-state index is 11.5. The van der Waals surface area contributed by atoms with Crippen LogP contribution in [0.3, 0.4) is 0 Å². The summed E-state index contributed by atoms with van der Waals surface area (Å²) >= 11 is 5.84. The SMILES string of the molecule is CNCC(=O)N(C)CCCOc1cccc(Cl)c1. The maximum Gasteiger partial charge on any atom is 0.236 e. The standard InChI is InChI=1S/C13H19ClN2O2/c1-15-10-13(17)16(2)7-4-8-18-12-6-3-5-11(14)9-12/h3,5-6,9,15H,4,7-8,10H2,1-2H3. The van der Waals surface area contributed by atoms with Gasteiger partial charge in [-0.15, -0.1) is 0 Å². The fourth-order valence-corrected chi connectivity index (χ4v) is 1.64. The molecular weight excluding hydrogens is 252 g/mol. The number of nitrogens with one attached hydrogen (secondary N) is 1. The lowest BCUT2D eigenvalue weighted by molar-refractivity contribution is -0.128. The van der Waals surface area contributed by atoms with Crippen molar-refractivity contribution in [2.24, 2.45) is 0 Å². The molecule has 0 heterocycles. The van der Waals surface area contributed by atoms with Crippen LogP contribution in [0, 0.1) is 0 Å². The first-order valence-corrected chi connectivity index (χ1v) is 6.28. The lowest BCUT2D eigenvalue weighted by Crippen LogP contribution is -2.35. The fourth-order valence-electron chi connectivity index (χ4n) is 1.46. The molecule has 5 heteroatoms. The number of hydrogen-bond donors (Lipinski definition) is 1. The number of benzene rings is 1. The Balaban J connectivity index is 2.20. The molecule has 0 atom stereocenters. The van der Waals surface area contributed by atoms with Gasteiger partial charge in [0.1, 0.15) is 5.75 Å². The van der Waals surface area contributed by atoms with Crippen LogP contribution in [0.25, 0.3) is 0 Å². The van der Waals surface area contributed by atoms with E-state index in [9.17, 15) is 4.79 Å². The van der Waals surface area contributed by atoms with E-state index in [1.54, 1.807) is 31.1 Å². The molecule has 18 heavy (non-hydrogen) atoms. The average Bonchev–Trinajstić information content (AvgIpc) is 2.35. The highest BCUT2D eigenvalue weighted by Gasteiger charge is 2.06. The van der Waals surface area contributed by atoms with Gasteiger partial charge in [0.25, 0.3) is 0 Å². The van der Waals surface area contributed by atoms with E-state index in [0.29, 0.717) is 24.7 Å². The third kappa shape index (κ3) is 5.38. The molecule has 1 amide bonds. The summed E-state index contributed by atoms with van der Waals surface area (Å²) < 4.78 is 5.54. The molecule has 1 aromatic rings. The number of rotatable bonds is 7. The van der Waals surface area contributed by atoms with Crippen molar-refractivity contribution in [1.82, 2.24) is 10.2 Å². The number of likely N-dealkylation sites (N-methyl/N-ethyl adjacent to an activating group) is 2. The predicted molar refractivity (Wildman–Crippen MR) is 73.1 cm³/mol. The van der Waals surface area contributed by atoms with Gasteiger partial charge < -0.3 is 15.0 Å². The van der Waals surface area contributed by atoms with E-state index in [-0.39, 0.29) is 5.91 Å². The molecule has 1 N–H and O–H groups in total. The van der Waals surface area contributed by atoms with E-state index in [1.807, 2.05) is 12.1 Å². The van der Waals surface area contributed by atoms with Crippen LogP contribution in [0.1, 0.15) is 6.42 Å². The second kappa shape index (κ2) is 7.95. The summed E-state index contributed by atoms with van der Waals surface area (Å²) in [4.78, 5) is 13.1. The van der Waals surface area contributed by atoms with Gasteiger partial charge in [0.2, 0.25) is 5.91 Å². The Labute approximate surface area is 113 Å². The second-order valence-corrected chi connectivity index (χ2v) is 4.44. The molecule has 1 rings (SSSR count). The van der Waals surface area contributed by atoms with E-state index >= 15 is 0 Å². The number of hydrogen-bond acceptors (Lipinski definition) is 3. The summed E-state index contributed by atoms with van der Waals surface area (Å²) in [6.45, 7) is 1.62. The molecule has 0 aromatic heterocycles. The molecule has 0 fully saturated rings. The van der Waals surface area contributed by atoms with Gasteiger partial charge in [-0.1, -0.05) is 17.7 Å². The van der Waals surface area contributed by atoms with Crippen LogP contribution in [-0.4, -0.2) is 44.6 Å². The normalized spacial score (nSPS) is 10.2. The largest absolute Gasteiger partial charge is 0.493 e. The number of carbonyl (C=O) groups is 1. The van der Waals surface area contributed by atoms with Crippen molar-refractivity contribution in [2.45, 2.75) is 6.42 Å². The van der Waals surface area contributed by atoms with Crippen LogP contribution in [0.2, 0.25) is 5.02 Å². The lowest BCUT2D eigenvalue weighted by Gasteiger charge is -2.17. The van der Waals surface area contributed by atoms with Gasteiger partial charge in [0.15, 0.2) is 0 Å². The van der Waals surface area contributed by atoms with Gasteiger partial charge in [-0.25, -0.2) is 0 Å². The minimum absolute atomic E-state index is 0.0836. The zero-order chi connectivity index (χ0) is 13.4. The third-order valence-corrected chi connectivity index (χ3v) is 2.69. The monoisotopic (exact) mass is 270 g/mol. The van der Waals surface area contributed by atoms with Crippen LogP contribution in [-0.2, 0) is 4.79 Å². The molecule has 0 aliphatic heterocycles. The molecule has 0 radical (unpaired) electrons. The third-order valence-electron chi connectivity index (χ3n) is 2.46. The molecule has 4 nitrogen and oxygen atoms in total. The van der Waals surface area contributed by atoms with Crippen molar-refractivity contribution in [3.63, 3.8) is 0 Å². The predicted octanol–water partition coefficient (Wildman–Crippen LogP) is 1.79. The Kier molecular flexibility index (Phi) is 6.54. The first-order chi connectivity index (χ1) is 8.63. The van der Waals surface area contributed by atoms with E-state index in [4.69, 9.17) is 16.3 Å². The van der Waals surface area contributed by atoms with Gasteiger partial charge in [-0.2, -0.15) is 0 Å². The molecule has 0 spiro atoms. The number of ether oxygens (including phenoxy) is 1. The number of carbonyl (C=O) groups excluding carboxylic acids is 1. The fraction of sp³-hybridized carbons (Fsp3) is 0.462. The van der Waals surface area contributed by atoms with Crippen molar-refractivity contribution < 1.29 is 9.53 Å². The average molecular weight is 271 g/mol. The summed E-state index contributed by atoms with van der Waals surface area (Å²) in [6, 6.07) is 7.29. The van der Waals surface area contributed by atoms with Crippen LogP contribution >= 0.6 is 11.6 Å². The Morgan fingerprint density at radius 2 is 2.28 bits per heavy atom. The molecule has 0 aliphatic rings. The first kappa shape index (κ1) is 14.8. The summed E-state index contributed by atoms with van der Waals surface area (Å²) in [5, 5.41) is 3.49.